The molecule has 0 saturated carbocycles. The number of hydrogen-bond acceptors (Lipinski definition) is 7. The molecule has 1 fully saturated rings. The molecule has 2 amide bonds. The molecule has 1 aliphatic heterocycles. The van der Waals surface area contributed by atoms with E-state index in [2.05, 4.69) is 17.3 Å². The van der Waals surface area contributed by atoms with Crippen molar-refractivity contribution in [3.05, 3.63) is 87.9 Å². The molecule has 220 valence electrons. The lowest BCUT2D eigenvalue weighted by atomic mass is 9.99. The van der Waals surface area contributed by atoms with E-state index in [9.17, 15) is 9.59 Å². The molecular formula is C31H35ClN6O4. The molecule has 0 radical (unpaired) electrons. The highest BCUT2D eigenvalue weighted by Crippen LogP contribution is 2.40. The Labute approximate surface area is 250 Å². The minimum atomic E-state index is -1.17. The fourth-order valence-corrected chi connectivity index (χ4v) is 5.45. The van der Waals surface area contributed by atoms with E-state index in [0.29, 0.717) is 57.7 Å². The van der Waals surface area contributed by atoms with Crippen LogP contribution in [0.5, 0.6) is 11.5 Å². The van der Waals surface area contributed by atoms with Crippen molar-refractivity contribution in [2.24, 2.45) is 0 Å². The zero-order chi connectivity index (χ0) is 30.0. The number of nitrogens with zero attached hydrogens (tertiary/aromatic N) is 5. The van der Waals surface area contributed by atoms with E-state index in [1.54, 1.807) is 65.2 Å². The van der Waals surface area contributed by atoms with Gasteiger partial charge in [0.05, 0.1) is 30.8 Å². The van der Waals surface area contributed by atoms with Crippen molar-refractivity contribution in [2.75, 3.05) is 62.7 Å². The van der Waals surface area contributed by atoms with E-state index in [0.717, 1.165) is 13.1 Å². The average Bonchev–Trinajstić information content (AvgIpc) is 2.98. The van der Waals surface area contributed by atoms with Gasteiger partial charge in [-0.1, -0.05) is 29.8 Å². The predicted molar refractivity (Wildman–Crippen MR) is 167 cm³/mol. The van der Waals surface area contributed by atoms with Crippen LogP contribution >= 0.6 is 11.6 Å². The topological polar surface area (TPSA) is 92.2 Å². The van der Waals surface area contributed by atoms with Crippen LogP contribution in [-0.2, 0) is 5.54 Å². The number of rotatable bonds is 7. The summed E-state index contributed by atoms with van der Waals surface area (Å²) in [4.78, 5) is 37.3. The monoisotopic (exact) mass is 590 g/mol. The molecule has 42 heavy (non-hydrogen) atoms. The van der Waals surface area contributed by atoms with Gasteiger partial charge in [-0.2, -0.15) is 0 Å². The van der Waals surface area contributed by atoms with Crippen LogP contribution in [0.4, 0.5) is 16.2 Å². The number of halogens is 1. The van der Waals surface area contributed by atoms with Crippen LogP contribution in [-0.4, -0.2) is 68.0 Å². The van der Waals surface area contributed by atoms with Crippen molar-refractivity contribution in [3.63, 3.8) is 0 Å². The first-order valence-corrected chi connectivity index (χ1v) is 14.1. The van der Waals surface area contributed by atoms with Gasteiger partial charge in [0.15, 0.2) is 5.82 Å². The second-order valence-electron chi connectivity index (χ2n) is 10.7. The van der Waals surface area contributed by atoms with E-state index in [-0.39, 0.29) is 5.56 Å². The SMILES string of the molecule is COc1ccc(N(C(=O)Nc2cccc(Cl)c2)C(C)(C)c2nc3ccccc3c(=O)n2N2CCN(C)CC2)c(OC)c1. The van der Waals surface area contributed by atoms with Gasteiger partial charge >= 0.3 is 6.03 Å². The molecule has 1 aliphatic rings. The number of amides is 2. The maximum absolute atomic E-state index is 14.3. The van der Waals surface area contributed by atoms with Crippen molar-refractivity contribution in [3.8, 4) is 11.5 Å². The Hall–Kier alpha value is -4.28. The maximum Gasteiger partial charge on any atom is 0.327 e. The Bertz CT molecular complexity index is 1670. The molecule has 2 heterocycles. The first kappa shape index (κ1) is 29.2. The molecule has 1 aromatic heterocycles. The van der Waals surface area contributed by atoms with Gasteiger partial charge in [0.1, 0.15) is 17.0 Å². The van der Waals surface area contributed by atoms with Crippen LogP contribution < -0.4 is 30.3 Å². The molecule has 4 aromatic rings. The summed E-state index contributed by atoms with van der Waals surface area (Å²) < 4.78 is 12.8. The van der Waals surface area contributed by atoms with Gasteiger partial charge in [0, 0.05) is 43.0 Å². The van der Waals surface area contributed by atoms with Crippen molar-refractivity contribution < 1.29 is 14.3 Å². The van der Waals surface area contributed by atoms with E-state index in [1.807, 2.05) is 37.1 Å². The van der Waals surface area contributed by atoms with Crippen LogP contribution in [0.25, 0.3) is 10.9 Å². The zero-order valence-electron chi connectivity index (χ0n) is 24.4. The van der Waals surface area contributed by atoms with Gasteiger partial charge in [0.25, 0.3) is 5.56 Å². The molecule has 5 rings (SSSR count). The molecule has 1 N–H and O–H groups in total. The van der Waals surface area contributed by atoms with Gasteiger partial charge in [-0.25, -0.2) is 14.5 Å². The minimum Gasteiger partial charge on any atom is -0.497 e. The predicted octanol–water partition coefficient (Wildman–Crippen LogP) is 4.92. The largest absolute Gasteiger partial charge is 0.497 e. The lowest BCUT2D eigenvalue weighted by Gasteiger charge is -2.42. The number of hydrogen-bond donors (Lipinski definition) is 1. The second kappa shape index (κ2) is 11.9. The summed E-state index contributed by atoms with van der Waals surface area (Å²) in [7, 11) is 5.16. The lowest BCUT2D eigenvalue weighted by molar-refractivity contribution is 0.247. The average molecular weight is 591 g/mol. The fourth-order valence-electron chi connectivity index (χ4n) is 5.26. The van der Waals surface area contributed by atoms with Crippen LogP contribution in [0, 0.1) is 0 Å². The van der Waals surface area contributed by atoms with E-state index >= 15 is 0 Å². The standard InChI is InChI=1S/C31H35ClN6O4/c1-31(2,29-34-25-12-7-6-11-24(25)28(39)38(29)36-17-15-35(3)16-18-36)37(26-14-13-23(41-4)20-27(26)42-5)30(40)33-22-10-8-9-21(32)19-22/h6-14,19-20H,15-18H2,1-5H3,(H,33,40). The number of carbonyl (C=O) groups excluding carboxylic acids is 1. The van der Waals surface area contributed by atoms with E-state index in [1.165, 1.54) is 7.11 Å². The number of benzene rings is 3. The number of fused-ring (bicyclic) bond motifs is 1. The molecular weight excluding hydrogens is 556 g/mol. The Morgan fingerprint density at radius 1 is 0.976 bits per heavy atom. The Morgan fingerprint density at radius 2 is 1.71 bits per heavy atom. The third-order valence-electron chi connectivity index (χ3n) is 7.53. The molecule has 1 saturated heterocycles. The smallest absolute Gasteiger partial charge is 0.327 e. The molecule has 3 aromatic carbocycles. The Kier molecular flexibility index (Phi) is 8.29. The van der Waals surface area contributed by atoms with E-state index in [4.69, 9.17) is 26.1 Å². The Balaban J connectivity index is 1.73. The van der Waals surface area contributed by atoms with Crippen molar-refractivity contribution in [2.45, 2.75) is 19.4 Å². The third-order valence-corrected chi connectivity index (χ3v) is 7.76. The van der Waals surface area contributed by atoms with Crippen molar-refractivity contribution in [1.82, 2.24) is 14.6 Å². The lowest BCUT2D eigenvalue weighted by Crippen LogP contribution is -2.58. The summed E-state index contributed by atoms with van der Waals surface area (Å²) in [5, 5.41) is 5.98. The second-order valence-corrected chi connectivity index (χ2v) is 11.1. The normalized spacial score (nSPS) is 14.1. The number of anilines is 2. The van der Waals surface area contributed by atoms with Crippen LogP contribution in [0.2, 0.25) is 5.02 Å². The summed E-state index contributed by atoms with van der Waals surface area (Å²) in [6, 6.07) is 19.0. The van der Waals surface area contributed by atoms with Crippen LogP contribution in [0.15, 0.2) is 71.5 Å². The molecule has 0 bridgehead atoms. The minimum absolute atomic E-state index is 0.190. The molecule has 0 unspecified atom stereocenters. The Morgan fingerprint density at radius 3 is 2.40 bits per heavy atom. The first-order valence-electron chi connectivity index (χ1n) is 13.7. The van der Waals surface area contributed by atoms with Crippen LogP contribution in [0.1, 0.15) is 19.7 Å². The van der Waals surface area contributed by atoms with Gasteiger partial charge in [-0.3, -0.25) is 9.69 Å². The summed E-state index contributed by atoms with van der Waals surface area (Å²) in [6.07, 6.45) is 0. The first-order chi connectivity index (χ1) is 20.1. The molecule has 0 atom stereocenters. The number of para-hydroxylation sites is 1. The number of urea groups is 1. The number of aromatic nitrogens is 2. The van der Waals surface area contributed by atoms with Gasteiger partial charge in [-0.05, 0) is 63.4 Å². The number of nitrogens with one attached hydrogen (secondary N) is 1. The van der Waals surface area contributed by atoms with Gasteiger partial charge in [-0.15, -0.1) is 0 Å². The fraction of sp³-hybridized carbons (Fsp3) is 0.323. The summed E-state index contributed by atoms with van der Waals surface area (Å²) in [5.41, 5.74) is 0.175. The highest BCUT2D eigenvalue weighted by Gasteiger charge is 2.41. The molecule has 10 nitrogen and oxygen atoms in total. The van der Waals surface area contributed by atoms with E-state index < -0.39 is 11.6 Å². The highest BCUT2D eigenvalue weighted by molar-refractivity contribution is 6.31. The number of piperazine rings is 1. The molecule has 11 heteroatoms. The number of carbonyl (C=O) groups is 1. The highest BCUT2D eigenvalue weighted by atomic mass is 35.5. The third kappa shape index (κ3) is 5.60. The zero-order valence-corrected chi connectivity index (χ0v) is 25.2. The number of methoxy groups -OCH3 is 2. The van der Waals surface area contributed by atoms with Crippen molar-refractivity contribution in [1.29, 1.82) is 0 Å². The van der Waals surface area contributed by atoms with Crippen molar-refractivity contribution >= 4 is 39.9 Å². The van der Waals surface area contributed by atoms with Gasteiger partial charge < -0.3 is 24.7 Å². The number of ether oxygens (including phenoxy) is 2. The summed E-state index contributed by atoms with van der Waals surface area (Å²) in [6.45, 7) is 6.56. The van der Waals surface area contributed by atoms with Gasteiger partial charge in [0.2, 0.25) is 0 Å². The molecule has 0 spiro atoms. The quantitative estimate of drug-likeness (QED) is 0.326. The van der Waals surface area contributed by atoms with Crippen LogP contribution in [0.3, 0.4) is 0 Å². The molecule has 0 aliphatic carbocycles. The maximum atomic E-state index is 14.3. The summed E-state index contributed by atoms with van der Waals surface area (Å²) in [5.74, 6) is 1.40. The number of likely N-dealkylation sites (N-methyl/N-ethyl adjacent to an activating group) is 1. The summed E-state index contributed by atoms with van der Waals surface area (Å²) >= 11 is 6.23.